The van der Waals surface area contributed by atoms with Crippen LogP contribution in [-0.2, 0) is 14.8 Å². The molecule has 1 amide bonds. The molecule has 0 heterocycles. The van der Waals surface area contributed by atoms with E-state index in [0.717, 1.165) is 37.1 Å². The van der Waals surface area contributed by atoms with Crippen molar-refractivity contribution in [2.75, 3.05) is 6.54 Å². The van der Waals surface area contributed by atoms with E-state index < -0.39 is 21.9 Å². The number of amides is 1. The van der Waals surface area contributed by atoms with Gasteiger partial charge in [0.05, 0.1) is 10.9 Å². The third-order valence-electron chi connectivity index (χ3n) is 2.68. The molecule has 0 bridgehead atoms. The van der Waals surface area contributed by atoms with Gasteiger partial charge in [-0.25, -0.2) is 12.8 Å². The SMILES string of the molecule is CCCCNC(=O)[C@H](C)NS(=O)(=O)c1ccc(F)cc1. The molecule has 5 nitrogen and oxygen atoms in total. The summed E-state index contributed by atoms with van der Waals surface area (Å²) in [6.45, 7) is 3.97. The van der Waals surface area contributed by atoms with Crippen molar-refractivity contribution in [3.05, 3.63) is 30.1 Å². The minimum absolute atomic E-state index is 0.0768. The van der Waals surface area contributed by atoms with E-state index in [9.17, 15) is 17.6 Å². The highest BCUT2D eigenvalue weighted by atomic mass is 32.2. The quantitative estimate of drug-likeness (QED) is 0.748. The van der Waals surface area contributed by atoms with E-state index in [-0.39, 0.29) is 10.8 Å². The molecule has 2 N–H and O–H groups in total. The van der Waals surface area contributed by atoms with Crippen molar-refractivity contribution in [3.8, 4) is 0 Å². The summed E-state index contributed by atoms with van der Waals surface area (Å²) < 4.78 is 39.0. The third kappa shape index (κ3) is 4.90. The maximum absolute atomic E-state index is 12.8. The van der Waals surface area contributed by atoms with Gasteiger partial charge in [0, 0.05) is 6.54 Å². The van der Waals surface area contributed by atoms with Gasteiger partial charge in [-0.3, -0.25) is 4.79 Å². The fourth-order valence-electron chi connectivity index (χ4n) is 1.51. The van der Waals surface area contributed by atoms with Gasteiger partial charge in [0.1, 0.15) is 5.82 Å². The van der Waals surface area contributed by atoms with Crippen molar-refractivity contribution >= 4 is 15.9 Å². The molecule has 1 aromatic rings. The van der Waals surface area contributed by atoms with Gasteiger partial charge in [-0.2, -0.15) is 4.72 Å². The molecule has 1 aromatic carbocycles. The van der Waals surface area contributed by atoms with E-state index in [1.165, 1.54) is 6.92 Å². The van der Waals surface area contributed by atoms with Gasteiger partial charge < -0.3 is 5.32 Å². The second-order valence-corrected chi connectivity index (χ2v) is 6.16. The Labute approximate surface area is 118 Å². The molecule has 0 aromatic heterocycles. The van der Waals surface area contributed by atoms with Crippen LogP contribution in [0.15, 0.2) is 29.2 Å². The lowest BCUT2D eigenvalue weighted by atomic mass is 10.3. The largest absolute Gasteiger partial charge is 0.355 e. The topological polar surface area (TPSA) is 75.3 Å². The number of rotatable bonds is 7. The van der Waals surface area contributed by atoms with Crippen molar-refractivity contribution in [2.24, 2.45) is 0 Å². The Morgan fingerprint density at radius 3 is 2.45 bits per heavy atom. The number of hydrogen-bond acceptors (Lipinski definition) is 3. The van der Waals surface area contributed by atoms with E-state index in [1.54, 1.807) is 0 Å². The van der Waals surface area contributed by atoms with E-state index >= 15 is 0 Å². The summed E-state index contributed by atoms with van der Waals surface area (Å²) in [5, 5.41) is 2.64. The van der Waals surface area contributed by atoms with Crippen molar-refractivity contribution in [3.63, 3.8) is 0 Å². The molecule has 0 fully saturated rings. The van der Waals surface area contributed by atoms with Crippen LogP contribution in [0.25, 0.3) is 0 Å². The van der Waals surface area contributed by atoms with Crippen LogP contribution in [0.4, 0.5) is 4.39 Å². The van der Waals surface area contributed by atoms with Crippen LogP contribution in [-0.4, -0.2) is 26.9 Å². The molecular weight excluding hydrogens is 283 g/mol. The fourth-order valence-corrected chi connectivity index (χ4v) is 2.71. The molecule has 0 radical (unpaired) electrons. The second kappa shape index (κ2) is 7.35. The van der Waals surface area contributed by atoms with Crippen LogP contribution in [0, 0.1) is 5.82 Å². The normalized spacial score (nSPS) is 12.9. The third-order valence-corrected chi connectivity index (χ3v) is 4.24. The Hall–Kier alpha value is -1.47. The molecule has 1 atom stereocenters. The first kappa shape index (κ1) is 16.6. The van der Waals surface area contributed by atoms with Gasteiger partial charge in [-0.05, 0) is 37.6 Å². The number of carbonyl (C=O) groups is 1. The molecule has 20 heavy (non-hydrogen) atoms. The summed E-state index contributed by atoms with van der Waals surface area (Å²) in [5.41, 5.74) is 0. The standard InChI is InChI=1S/C13H19FN2O3S/c1-3-4-9-15-13(17)10(2)16-20(18,19)12-7-5-11(14)6-8-12/h5-8,10,16H,3-4,9H2,1-2H3,(H,15,17)/t10-/m0/s1. The highest BCUT2D eigenvalue weighted by molar-refractivity contribution is 7.89. The van der Waals surface area contributed by atoms with Crippen molar-refractivity contribution < 1.29 is 17.6 Å². The number of sulfonamides is 1. The van der Waals surface area contributed by atoms with Gasteiger partial charge in [0.15, 0.2) is 0 Å². The lowest BCUT2D eigenvalue weighted by Gasteiger charge is -2.14. The van der Waals surface area contributed by atoms with Crippen LogP contribution in [0.3, 0.4) is 0 Å². The van der Waals surface area contributed by atoms with Crippen LogP contribution < -0.4 is 10.0 Å². The van der Waals surface area contributed by atoms with Gasteiger partial charge >= 0.3 is 0 Å². The smallest absolute Gasteiger partial charge is 0.241 e. The minimum atomic E-state index is -3.83. The second-order valence-electron chi connectivity index (χ2n) is 4.44. The molecule has 7 heteroatoms. The first-order chi connectivity index (χ1) is 9.36. The Bertz CT molecular complexity index is 543. The molecule has 0 aliphatic carbocycles. The first-order valence-corrected chi connectivity index (χ1v) is 7.90. The number of halogens is 1. The summed E-state index contributed by atoms with van der Waals surface area (Å²) in [7, 11) is -3.83. The zero-order chi connectivity index (χ0) is 15.2. The van der Waals surface area contributed by atoms with Crippen molar-refractivity contribution in [2.45, 2.75) is 37.6 Å². The van der Waals surface area contributed by atoms with E-state index in [0.29, 0.717) is 6.54 Å². The maximum Gasteiger partial charge on any atom is 0.241 e. The molecule has 0 saturated carbocycles. The highest BCUT2D eigenvalue weighted by Gasteiger charge is 2.21. The Kier molecular flexibility index (Phi) is 6.09. The van der Waals surface area contributed by atoms with Gasteiger partial charge in [-0.15, -0.1) is 0 Å². The fraction of sp³-hybridized carbons (Fsp3) is 0.462. The molecule has 0 aliphatic heterocycles. The zero-order valence-corrected chi connectivity index (χ0v) is 12.3. The first-order valence-electron chi connectivity index (χ1n) is 6.42. The predicted octanol–water partition coefficient (Wildman–Crippen LogP) is 1.41. The Balaban J connectivity index is 2.66. The predicted molar refractivity (Wildman–Crippen MR) is 74.1 cm³/mol. The number of carbonyl (C=O) groups excluding carboxylic acids is 1. The van der Waals surface area contributed by atoms with Crippen molar-refractivity contribution in [1.29, 1.82) is 0 Å². The molecule has 0 spiro atoms. The van der Waals surface area contributed by atoms with Gasteiger partial charge in [-0.1, -0.05) is 13.3 Å². The monoisotopic (exact) mass is 302 g/mol. The van der Waals surface area contributed by atoms with Crippen molar-refractivity contribution in [1.82, 2.24) is 10.0 Å². The Morgan fingerprint density at radius 2 is 1.90 bits per heavy atom. The number of nitrogens with one attached hydrogen (secondary N) is 2. The van der Waals surface area contributed by atoms with Crippen LogP contribution in [0.5, 0.6) is 0 Å². The molecule has 0 saturated heterocycles. The number of benzene rings is 1. The summed E-state index contributed by atoms with van der Waals surface area (Å²) in [6.07, 6.45) is 1.78. The summed E-state index contributed by atoms with van der Waals surface area (Å²) in [6, 6.07) is 3.53. The minimum Gasteiger partial charge on any atom is -0.355 e. The van der Waals surface area contributed by atoms with Crippen LogP contribution in [0.2, 0.25) is 0 Å². The average molecular weight is 302 g/mol. The summed E-state index contributed by atoms with van der Waals surface area (Å²) >= 11 is 0. The average Bonchev–Trinajstić information content (AvgIpc) is 2.38. The summed E-state index contributed by atoms with van der Waals surface area (Å²) in [5.74, 6) is -0.904. The number of unbranched alkanes of at least 4 members (excludes halogenated alkanes) is 1. The van der Waals surface area contributed by atoms with Gasteiger partial charge in [0.2, 0.25) is 15.9 Å². The lowest BCUT2D eigenvalue weighted by molar-refractivity contribution is -0.122. The van der Waals surface area contributed by atoms with E-state index in [2.05, 4.69) is 10.0 Å². The zero-order valence-electron chi connectivity index (χ0n) is 11.5. The van der Waals surface area contributed by atoms with Crippen LogP contribution >= 0.6 is 0 Å². The molecular formula is C13H19FN2O3S. The lowest BCUT2D eigenvalue weighted by Crippen LogP contribution is -2.44. The summed E-state index contributed by atoms with van der Waals surface area (Å²) in [4.78, 5) is 11.6. The maximum atomic E-state index is 12.8. The van der Waals surface area contributed by atoms with E-state index in [1.807, 2.05) is 6.92 Å². The highest BCUT2D eigenvalue weighted by Crippen LogP contribution is 2.10. The van der Waals surface area contributed by atoms with Gasteiger partial charge in [0.25, 0.3) is 0 Å². The van der Waals surface area contributed by atoms with Crippen LogP contribution in [0.1, 0.15) is 26.7 Å². The molecule has 0 aliphatic rings. The molecule has 0 unspecified atom stereocenters. The molecule has 112 valence electrons. The van der Waals surface area contributed by atoms with E-state index in [4.69, 9.17) is 0 Å². The number of hydrogen-bond donors (Lipinski definition) is 2. The molecule has 1 rings (SSSR count). The Morgan fingerprint density at radius 1 is 1.30 bits per heavy atom.